The van der Waals surface area contributed by atoms with Gasteiger partial charge in [-0.2, -0.15) is 11.8 Å². The van der Waals surface area contributed by atoms with Crippen molar-refractivity contribution >= 4 is 17.7 Å². The Balaban J connectivity index is 1.98. The molecule has 1 aromatic carbocycles. The van der Waals surface area contributed by atoms with Gasteiger partial charge in [0.15, 0.2) is 11.8 Å². The minimum Gasteiger partial charge on any atom is -0.356 e. The Labute approximate surface area is 154 Å². The van der Waals surface area contributed by atoms with Crippen LogP contribution in [0.15, 0.2) is 29.3 Å². The molecule has 6 nitrogen and oxygen atoms in total. The Morgan fingerprint density at radius 1 is 1.24 bits per heavy atom. The van der Waals surface area contributed by atoms with Crippen LogP contribution in [-0.2, 0) is 20.1 Å². The Hall–Kier alpha value is -2.02. The van der Waals surface area contributed by atoms with Gasteiger partial charge in [-0.3, -0.25) is 0 Å². The van der Waals surface area contributed by atoms with E-state index >= 15 is 0 Å². The van der Waals surface area contributed by atoms with Gasteiger partial charge in [-0.05, 0) is 37.8 Å². The van der Waals surface area contributed by atoms with Crippen molar-refractivity contribution in [2.75, 3.05) is 18.6 Å². The van der Waals surface area contributed by atoms with E-state index in [1.54, 1.807) is 0 Å². The van der Waals surface area contributed by atoms with E-state index < -0.39 is 0 Å². The van der Waals surface area contributed by atoms with E-state index in [1.807, 2.05) is 30.3 Å². The lowest BCUT2D eigenvalue weighted by atomic mass is 10.1. The average molecular weight is 361 g/mol. The van der Waals surface area contributed by atoms with Crippen molar-refractivity contribution in [2.45, 2.75) is 33.4 Å². The van der Waals surface area contributed by atoms with Crippen LogP contribution >= 0.6 is 11.8 Å². The van der Waals surface area contributed by atoms with Gasteiger partial charge in [0, 0.05) is 13.6 Å². The van der Waals surface area contributed by atoms with Crippen LogP contribution in [0, 0.1) is 13.8 Å². The Morgan fingerprint density at radius 3 is 2.76 bits per heavy atom. The number of hydrogen-bond donors (Lipinski definition) is 2. The van der Waals surface area contributed by atoms with Crippen molar-refractivity contribution in [3.05, 3.63) is 47.0 Å². The van der Waals surface area contributed by atoms with Gasteiger partial charge in [-0.1, -0.05) is 29.8 Å². The smallest absolute Gasteiger partial charge is 0.191 e. The zero-order valence-electron chi connectivity index (χ0n) is 15.5. The molecule has 1 heterocycles. The van der Waals surface area contributed by atoms with Crippen molar-refractivity contribution in [3.63, 3.8) is 0 Å². The third-order valence-electron chi connectivity index (χ3n) is 3.92. The van der Waals surface area contributed by atoms with Crippen molar-refractivity contribution in [1.29, 1.82) is 0 Å². The van der Waals surface area contributed by atoms with Gasteiger partial charge in [0.2, 0.25) is 0 Å². The molecule has 2 rings (SSSR count). The highest BCUT2D eigenvalue weighted by atomic mass is 32.2. The van der Waals surface area contributed by atoms with Gasteiger partial charge in [0.1, 0.15) is 5.82 Å². The average Bonchev–Trinajstić information content (AvgIpc) is 2.92. The number of benzene rings is 1. The molecule has 0 saturated carbocycles. The fourth-order valence-electron chi connectivity index (χ4n) is 2.35. The molecule has 2 aromatic rings. The molecule has 25 heavy (non-hydrogen) atoms. The molecule has 0 atom stereocenters. The zero-order chi connectivity index (χ0) is 18.1. The molecular formula is C18H28N6S. The predicted molar refractivity (Wildman–Crippen MR) is 106 cm³/mol. The molecule has 0 fully saturated rings. The molecule has 0 unspecified atom stereocenters. The molecule has 0 aliphatic heterocycles. The standard InChI is InChI=1S/C18H28N6S/c1-14-7-5-8-16(11-14)12-20-18(19-9-6-10-25-4)21-13-17-23-22-15(2)24(17)3/h5,7-8,11H,6,9-10,12-13H2,1-4H3,(H2,19,20,21). The second-order valence-electron chi connectivity index (χ2n) is 6.00. The molecule has 0 radical (unpaired) electrons. The Kier molecular flexibility index (Phi) is 7.78. The van der Waals surface area contributed by atoms with Crippen molar-refractivity contribution < 1.29 is 0 Å². The maximum absolute atomic E-state index is 4.71. The van der Waals surface area contributed by atoms with Crippen LogP contribution in [0.2, 0.25) is 0 Å². The summed E-state index contributed by atoms with van der Waals surface area (Å²) in [6, 6.07) is 8.44. The minimum atomic E-state index is 0.597. The van der Waals surface area contributed by atoms with Gasteiger partial charge >= 0.3 is 0 Å². The van der Waals surface area contributed by atoms with E-state index in [9.17, 15) is 0 Å². The van der Waals surface area contributed by atoms with Crippen LogP contribution in [0.3, 0.4) is 0 Å². The first-order valence-electron chi connectivity index (χ1n) is 8.51. The molecule has 0 bridgehead atoms. The maximum atomic E-state index is 4.71. The van der Waals surface area contributed by atoms with Crippen LogP contribution in [0.25, 0.3) is 0 Å². The number of rotatable bonds is 8. The number of thioether (sulfide) groups is 1. The third kappa shape index (κ3) is 6.42. The summed E-state index contributed by atoms with van der Waals surface area (Å²) in [5, 5.41) is 15.0. The van der Waals surface area contributed by atoms with Gasteiger partial charge in [-0.25, -0.2) is 4.99 Å². The first kappa shape index (κ1) is 19.3. The summed E-state index contributed by atoms with van der Waals surface area (Å²) in [5.74, 6) is 3.75. The normalized spacial score (nSPS) is 11.6. The third-order valence-corrected chi connectivity index (χ3v) is 4.61. The quantitative estimate of drug-likeness (QED) is 0.430. The summed E-state index contributed by atoms with van der Waals surface area (Å²) in [6.07, 6.45) is 3.23. The predicted octanol–water partition coefficient (Wildman–Crippen LogP) is 2.42. The van der Waals surface area contributed by atoms with Crippen LogP contribution in [0.1, 0.15) is 29.2 Å². The second-order valence-corrected chi connectivity index (χ2v) is 6.99. The van der Waals surface area contributed by atoms with Gasteiger partial charge < -0.3 is 15.2 Å². The highest BCUT2D eigenvalue weighted by molar-refractivity contribution is 7.98. The minimum absolute atomic E-state index is 0.597. The number of nitrogens with zero attached hydrogens (tertiary/aromatic N) is 4. The Morgan fingerprint density at radius 2 is 2.08 bits per heavy atom. The van der Waals surface area contributed by atoms with E-state index in [0.717, 1.165) is 36.3 Å². The molecule has 1 aromatic heterocycles. The fraction of sp³-hybridized carbons (Fsp3) is 0.500. The lowest BCUT2D eigenvalue weighted by Crippen LogP contribution is -2.38. The number of aromatic nitrogens is 3. The highest BCUT2D eigenvalue weighted by Gasteiger charge is 2.06. The van der Waals surface area contributed by atoms with Crippen molar-refractivity contribution in [2.24, 2.45) is 12.0 Å². The monoisotopic (exact) mass is 360 g/mol. The van der Waals surface area contributed by atoms with Gasteiger partial charge in [0.25, 0.3) is 0 Å². The van der Waals surface area contributed by atoms with Crippen molar-refractivity contribution in [3.8, 4) is 0 Å². The summed E-state index contributed by atoms with van der Waals surface area (Å²) in [6.45, 7) is 6.20. The molecule has 0 saturated heterocycles. The summed E-state index contributed by atoms with van der Waals surface area (Å²) in [5.41, 5.74) is 2.46. The lowest BCUT2D eigenvalue weighted by molar-refractivity contribution is 0.711. The number of aliphatic imine (C=N–C) groups is 1. The number of aryl methyl sites for hydroxylation is 2. The first-order chi connectivity index (χ1) is 12.1. The van der Waals surface area contributed by atoms with Crippen LogP contribution in [0.4, 0.5) is 0 Å². The molecule has 136 valence electrons. The summed E-state index contributed by atoms with van der Waals surface area (Å²) >= 11 is 1.86. The number of hydrogen-bond acceptors (Lipinski definition) is 4. The zero-order valence-corrected chi connectivity index (χ0v) is 16.4. The fourth-order valence-corrected chi connectivity index (χ4v) is 2.78. The van der Waals surface area contributed by atoms with E-state index in [-0.39, 0.29) is 0 Å². The maximum Gasteiger partial charge on any atom is 0.191 e. The molecule has 0 amide bonds. The van der Waals surface area contributed by atoms with Gasteiger partial charge in [0.05, 0.1) is 13.1 Å². The molecule has 0 aliphatic rings. The number of nitrogens with one attached hydrogen (secondary N) is 2. The van der Waals surface area contributed by atoms with E-state index in [0.29, 0.717) is 13.1 Å². The van der Waals surface area contributed by atoms with Gasteiger partial charge in [-0.15, -0.1) is 10.2 Å². The Bertz CT molecular complexity index is 695. The summed E-state index contributed by atoms with van der Waals surface area (Å²) in [7, 11) is 1.97. The van der Waals surface area contributed by atoms with Crippen LogP contribution in [-0.4, -0.2) is 39.3 Å². The van der Waals surface area contributed by atoms with E-state index in [4.69, 9.17) is 4.99 Å². The van der Waals surface area contributed by atoms with Crippen LogP contribution in [0.5, 0.6) is 0 Å². The lowest BCUT2D eigenvalue weighted by Gasteiger charge is -2.12. The summed E-state index contributed by atoms with van der Waals surface area (Å²) in [4.78, 5) is 4.71. The molecular weight excluding hydrogens is 332 g/mol. The molecule has 2 N–H and O–H groups in total. The topological polar surface area (TPSA) is 67.1 Å². The highest BCUT2D eigenvalue weighted by Crippen LogP contribution is 2.05. The molecule has 0 spiro atoms. The molecule has 7 heteroatoms. The number of guanidine groups is 1. The molecule has 0 aliphatic carbocycles. The van der Waals surface area contributed by atoms with Crippen molar-refractivity contribution in [1.82, 2.24) is 25.4 Å². The summed E-state index contributed by atoms with van der Waals surface area (Å²) < 4.78 is 1.99. The van der Waals surface area contributed by atoms with Crippen LogP contribution < -0.4 is 10.6 Å². The van der Waals surface area contributed by atoms with E-state index in [1.165, 1.54) is 11.1 Å². The SMILES string of the molecule is CSCCCNC(=NCc1cccc(C)c1)NCc1nnc(C)n1C. The second kappa shape index (κ2) is 10.1. The largest absolute Gasteiger partial charge is 0.356 e. The first-order valence-corrected chi connectivity index (χ1v) is 9.91. The van der Waals surface area contributed by atoms with E-state index in [2.05, 4.69) is 58.3 Å².